The highest BCUT2D eigenvalue weighted by atomic mass is 16.5. The lowest BCUT2D eigenvalue weighted by Gasteiger charge is -2.21. The Kier molecular flexibility index (Phi) is 4.31. The topological polar surface area (TPSA) is 65.0 Å². The van der Waals surface area contributed by atoms with Gasteiger partial charge in [0.05, 0.1) is 29.8 Å². The number of carbonyl (C=O) groups excluding carboxylic acids is 1. The number of rotatable bonds is 3. The van der Waals surface area contributed by atoms with E-state index in [9.17, 15) is 4.79 Å². The summed E-state index contributed by atoms with van der Waals surface area (Å²) in [6, 6.07) is 3.51. The highest BCUT2D eigenvalue weighted by molar-refractivity contribution is 5.91. The van der Waals surface area contributed by atoms with Gasteiger partial charge in [-0.2, -0.15) is 0 Å². The van der Waals surface area contributed by atoms with Crippen molar-refractivity contribution in [1.29, 1.82) is 0 Å². The van der Waals surface area contributed by atoms with Crippen molar-refractivity contribution < 1.29 is 9.53 Å². The van der Waals surface area contributed by atoms with Gasteiger partial charge in [-0.25, -0.2) is 9.78 Å². The van der Waals surface area contributed by atoms with Gasteiger partial charge in [-0.1, -0.05) is 20.8 Å². The fourth-order valence-corrected chi connectivity index (χ4v) is 1.98. The highest BCUT2D eigenvalue weighted by Crippen LogP contribution is 2.27. The van der Waals surface area contributed by atoms with Crippen molar-refractivity contribution in [3.05, 3.63) is 42.0 Å². The minimum absolute atomic E-state index is 0.277. The Hall–Kier alpha value is -2.30. The highest BCUT2D eigenvalue weighted by Gasteiger charge is 2.25. The largest absolute Gasteiger partial charge is 0.462 e. The molecule has 21 heavy (non-hydrogen) atoms. The molecule has 0 amide bonds. The van der Waals surface area contributed by atoms with Crippen LogP contribution in [0.5, 0.6) is 0 Å². The molecule has 2 rings (SSSR count). The lowest BCUT2D eigenvalue weighted by atomic mass is 9.88. The zero-order valence-electron chi connectivity index (χ0n) is 12.8. The Bertz CT molecular complexity index is 634. The van der Waals surface area contributed by atoms with Crippen LogP contribution in [-0.2, 0) is 10.2 Å². The second-order valence-corrected chi connectivity index (χ2v) is 5.65. The maximum Gasteiger partial charge on any atom is 0.340 e. The minimum Gasteiger partial charge on any atom is -0.462 e. The molecule has 2 aromatic heterocycles. The second-order valence-electron chi connectivity index (χ2n) is 5.65. The van der Waals surface area contributed by atoms with Crippen LogP contribution in [0.4, 0.5) is 0 Å². The summed E-state index contributed by atoms with van der Waals surface area (Å²) in [5.74, 6) is -0.347. The first-order valence-electron chi connectivity index (χ1n) is 6.88. The number of aromatic nitrogens is 3. The van der Waals surface area contributed by atoms with E-state index in [4.69, 9.17) is 4.74 Å². The maximum absolute atomic E-state index is 12.1. The van der Waals surface area contributed by atoms with E-state index in [-0.39, 0.29) is 11.4 Å². The molecule has 110 valence electrons. The van der Waals surface area contributed by atoms with Crippen LogP contribution in [-0.4, -0.2) is 27.5 Å². The molecule has 0 saturated carbocycles. The van der Waals surface area contributed by atoms with Crippen molar-refractivity contribution in [2.75, 3.05) is 6.61 Å². The van der Waals surface area contributed by atoms with E-state index in [1.54, 1.807) is 37.6 Å². The van der Waals surface area contributed by atoms with Gasteiger partial charge in [0, 0.05) is 17.8 Å². The lowest BCUT2D eigenvalue weighted by Crippen LogP contribution is -2.20. The summed E-state index contributed by atoms with van der Waals surface area (Å²) in [6.45, 7) is 8.17. The van der Waals surface area contributed by atoms with E-state index in [0.29, 0.717) is 29.3 Å². The molecule has 0 spiro atoms. The summed E-state index contributed by atoms with van der Waals surface area (Å²) < 4.78 is 5.10. The average Bonchev–Trinajstić information content (AvgIpc) is 2.47. The predicted molar refractivity (Wildman–Crippen MR) is 79.9 cm³/mol. The van der Waals surface area contributed by atoms with Crippen molar-refractivity contribution in [2.24, 2.45) is 0 Å². The summed E-state index contributed by atoms with van der Waals surface area (Å²) in [5, 5.41) is 0. The third-order valence-corrected chi connectivity index (χ3v) is 2.93. The Morgan fingerprint density at radius 2 is 1.95 bits per heavy atom. The molecule has 5 heteroatoms. The molecule has 0 atom stereocenters. The fourth-order valence-electron chi connectivity index (χ4n) is 1.98. The molecule has 0 aliphatic rings. The first kappa shape index (κ1) is 15.1. The van der Waals surface area contributed by atoms with Gasteiger partial charge in [-0.05, 0) is 19.1 Å². The number of carbonyl (C=O) groups is 1. The molecule has 0 aliphatic heterocycles. The average molecular weight is 285 g/mol. The van der Waals surface area contributed by atoms with Crippen molar-refractivity contribution in [3.8, 4) is 11.4 Å². The maximum atomic E-state index is 12.1. The first-order valence-corrected chi connectivity index (χ1v) is 6.88. The summed E-state index contributed by atoms with van der Waals surface area (Å²) in [6.07, 6.45) is 4.88. The van der Waals surface area contributed by atoms with Crippen LogP contribution in [0.15, 0.2) is 30.7 Å². The molecular weight excluding hydrogens is 266 g/mol. The van der Waals surface area contributed by atoms with Gasteiger partial charge in [0.25, 0.3) is 0 Å². The van der Waals surface area contributed by atoms with Crippen LogP contribution >= 0.6 is 0 Å². The van der Waals surface area contributed by atoms with Crippen LogP contribution in [0.3, 0.4) is 0 Å². The Morgan fingerprint density at radius 3 is 2.52 bits per heavy atom. The van der Waals surface area contributed by atoms with E-state index < -0.39 is 0 Å². The van der Waals surface area contributed by atoms with Gasteiger partial charge < -0.3 is 4.74 Å². The van der Waals surface area contributed by atoms with Crippen LogP contribution < -0.4 is 0 Å². The van der Waals surface area contributed by atoms with Crippen LogP contribution in [0, 0.1) is 0 Å². The molecule has 0 N–H and O–H groups in total. The molecule has 2 aromatic rings. The molecule has 0 radical (unpaired) electrons. The molecule has 0 fully saturated rings. The van der Waals surface area contributed by atoms with E-state index in [2.05, 4.69) is 15.0 Å². The summed E-state index contributed by atoms with van der Waals surface area (Å²) in [5.41, 5.74) is 2.29. The van der Waals surface area contributed by atoms with Gasteiger partial charge in [-0.3, -0.25) is 9.97 Å². The molecule has 0 aromatic carbocycles. The van der Waals surface area contributed by atoms with Gasteiger partial charge >= 0.3 is 5.97 Å². The predicted octanol–water partition coefficient (Wildman–Crippen LogP) is 3.01. The number of nitrogens with zero attached hydrogens (tertiary/aromatic N) is 3. The molecule has 2 heterocycles. The summed E-state index contributed by atoms with van der Waals surface area (Å²) >= 11 is 0. The Labute approximate surface area is 124 Å². The number of hydrogen-bond donors (Lipinski definition) is 0. The number of pyridine rings is 1. The van der Waals surface area contributed by atoms with Crippen LogP contribution in [0.2, 0.25) is 0 Å². The standard InChI is InChI=1S/C16H19N3O2/c1-5-21-15(20)11-6-7-12(13-10-17-8-9-18-13)19-14(11)16(2,3)4/h6-10H,5H2,1-4H3. The number of ether oxygens (including phenoxy) is 1. The van der Waals surface area contributed by atoms with E-state index in [1.165, 1.54) is 0 Å². The zero-order valence-corrected chi connectivity index (χ0v) is 12.8. The van der Waals surface area contributed by atoms with Gasteiger partial charge in [0.2, 0.25) is 0 Å². The third kappa shape index (κ3) is 3.42. The molecule has 0 bridgehead atoms. The van der Waals surface area contributed by atoms with Crippen LogP contribution in [0.25, 0.3) is 11.4 Å². The van der Waals surface area contributed by atoms with Gasteiger partial charge in [0.1, 0.15) is 5.69 Å². The number of esters is 1. The van der Waals surface area contributed by atoms with Crippen molar-refractivity contribution in [2.45, 2.75) is 33.1 Å². The molecule has 0 unspecified atom stereocenters. The van der Waals surface area contributed by atoms with E-state index in [1.807, 2.05) is 20.8 Å². The summed E-state index contributed by atoms with van der Waals surface area (Å²) in [4.78, 5) is 25.0. The zero-order chi connectivity index (χ0) is 15.5. The SMILES string of the molecule is CCOC(=O)c1ccc(-c2cnccn2)nc1C(C)(C)C. The van der Waals surface area contributed by atoms with Gasteiger partial charge in [0.15, 0.2) is 0 Å². The smallest absolute Gasteiger partial charge is 0.340 e. The third-order valence-electron chi connectivity index (χ3n) is 2.93. The van der Waals surface area contributed by atoms with Crippen LogP contribution in [0.1, 0.15) is 43.7 Å². The Balaban J connectivity index is 2.53. The molecular formula is C16H19N3O2. The number of hydrogen-bond acceptors (Lipinski definition) is 5. The van der Waals surface area contributed by atoms with Crippen molar-refractivity contribution >= 4 is 5.97 Å². The Morgan fingerprint density at radius 1 is 1.19 bits per heavy atom. The first-order chi connectivity index (χ1) is 9.93. The molecule has 5 nitrogen and oxygen atoms in total. The quantitative estimate of drug-likeness (QED) is 0.811. The van der Waals surface area contributed by atoms with E-state index in [0.717, 1.165) is 0 Å². The fraction of sp³-hybridized carbons (Fsp3) is 0.375. The monoisotopic (exact) mass is 285 g/mol. The molecule has 0 aliphatic carbocycles. The second kappa shape index (κ2) is 5.99. The minimum atomic E-state index is -0.347. The van der Waals surface area contributed by atoms with Crippen molar-refractivity contribution in [1.82, 2.24) is 15.0 Å². The summed E-state index contributed by atoms with van der Waals surface area (Å²) in [7, 11) is 0. The van der Waals surface area contributed by atoms with E-state index >= 15 is 0 Å². The van der Waals surface area contributed by atoms with Crippen molar-refractivity contribution in [3.63, 3.8) is 0 Å². The molecule has 0 saturated heterocycles. The van der Waals surface area contributed by atoms with Gasteiger partial charge in [-0.15, -0.1) is 0 Å². The lowest BCUT2D eigenvalue weighted by molar-refractivity contribution is 0.0523. The normalized spacial score (nSPS) is 11.2.